The van der Waals surface area contributed by atoms with Crippen LogP contribution in [0.25, 0.3) is 0 Å². The van der Waals surface area contributed by atoms with Crippen molar-refractivity contribution < 1.29 is 14.7 Å². The Hall–Kier alpha value is -1.84. The Morgan fingerprint density at radius 1 is 1.10 bits per heavy atom. The van der Waals surface area contributed by atoms with Crippen LogP contribution in [-0.2, 0) is 16.0 Å². The Labute approximate surface area is 124 Å². The van der Waals surface area contributed by atoms with Gasteiger partial charge in [-0.05, 0) is 50.7 Å². The van der Waals surface area contributed by atoms with Crippen molar-refractivity contribution >= 4 is 17.6 Å². The molecule has 1 aromatic rings. The molecule has 0 spiro atoms. The van der Waals surface area contributed by atoms with Crippen LogP contribution in [0.1, 0.15) is 38.2 Å². The van der Waals surface area contributed by atoms with Gasteiger partial charge in [0.1, 0.15) is 0 Å². The number of benzene rings is 1. The van der Waals surface area contributed by atoms with Gasteiger partial charge in [0.25, 0.3) is 0 Å². The number of carboxylic acid groups (broad SMARTS) is 1. The number of fused-ring (bicyclic) bond motifs is 1. The molecule has 4 heteroatoms. The quantitative estimate of drug-likeness (QED) is 0.910. The van der Waals surface area contributed by atoms with E-state index in [-0.39, 0.29) is 23.8 Å². The molecule has 1 unspecified atom stereocenters. The molecule has 1 N–H and O–H groups in total. The van der Waals surface area contributed by atoms with Gasteiger partial charge in [-0.25, -0.2) is 0 Å². The van der Waals surface area contributed by atoms with Gasteiger partial charge >= 0.3 is 5.97 Å². The number of carbonyl (C=O) groups is 2. The van der Waals surface area contributed by atoms with Crippen LogP contribution in [0.15, 0.2) is 24.3 Å². The second kappa shape index (κ2) is 5.51. The number of hydrogen-bond acceptors (Lipinski definition) is 2. The van der Waals surface area contributed by atoms with Crippen molar-refractivity contribution in [3.63, 3.8) is 0 Å². The fraction of sp³-hybridized carbons (Fsp3) is 0.529. The molecule has 0 radical (unpaired) electrons. The van der Waals surface area contributed by atoms with Crippen LogP contribution >= 0.6 is 0 Å². The Balaban J connectivity index is 1.73. The first kappa shape index (κ1) is 14.1. The Morgan fingerprint density at radius 3 is 2.38 bits per heavy atom. The van der Waals surface area contributed by atoms with E-state index in [1.165, 1.54) is 5.56 Å². The topological polar surface area (TPSA) is 57.6 Å². The van der Waals surface area contributed by atoms with Crippen LogP contribution < -0.4 is 4.90 Å². The Bertz CT molecular complexity index is 561. The van der Waals surface area contributed by atoms with Crippen LogP contribution in [0.4, 0.5) is 5.69 Å². The van der Waals surface area contributed by atoms with Crippen molar-refractivity contribution in [1.82, 2.24) is 0 Å². The lowest BCUT2D eigenvalue weighted by atomic mass is 9.81. The van der Waals surface area contributed by atoms with Crippen molar-refractivity contribution in [2.24, 2.45) is 11.8 Å². The molecule has 1 atom stereocenters. The van der Waals surface area contributed by atoms with E-state index in [1.54, 1.807) is 0 Å². The zero-order valence-electron chi connectivity index (χ0n) is 12.3. The van der Waals surface area contributed by atoms with Crippen LogP contribution in [0, 0.1) is 11.8 Å². The van der Waals surface area contributed by atoms with E-state index in [4.69, 9.17) is 5.11 Å². The van der Waals surface area contributed by atoms with Crippen LogP contribution in [0.2, 0.25) is 0 Å². The summed E-state index contributed by atoms with van der Waals surface area (Å²) in [7, 11) is 0. The summed E-state index contributed by atoms with van der Waals surface area (Å²) in [4.78, 5) is 25.8. The Kier molecular flexibility index (Phi) is 3.70. The highest BCUT2D eigenvalue weighted by molar-refractivity contribution is 5.97. The minimum absolute atomic E-state index is 0.0193. The van der Waals surface area contributed by atoms with Gasteiger partial charge in [0.15, 0.2) is 0 Å². The number of aliphatic carboxylic acids is 1. The normalized spacial score (nSPS) is 28.2. The molecule has 1 aromatic carbocycles. The molecule has 1 aliphatic carbocycles. The summed E-state index contributed by atoms with van der Waals surface area (Å²) >= 11 is 0. The van der Waals surface area contributed by atoms with E-state index >= 15 is 0 Å². The lowest BCUT2D eigenvalue weighted by Crippen LogP contribution is -2.41. The second-order valence-electron chi connectivity index (χ2n) is 6.28. The second-order valence-corrected chi connectivity index (χ2v) is 6.28. The fourth-order valence-corrected chi connectivity index (χ4v) is 3.69. The summed E-state index contributed by atoms with van der Waals surface area (Å²) in [6, 6.07) is 8.28. The van der Waals surface area contributed by atoms with Crippen LogP contribution in [0.3, 0.4) is 0 Å². The zero-order valence-corrected chi connectivity index (χ0v) is 12.3. The third kappa shape index (κ3) is 2.55. The largest absolute Gasteiger partial charge is 0.481 e. The first-order valence-corrected chi connectivity index (χ1v) is 7.71. The summed E-state index contributed by atoms with van der Waals surface area (Å²) in [5.74, 6) is -0.830. The highest BCUT2D eigenvalue weighted by Crippen LogP contribution is 2.36. The maximum atomic E-state index is 12.8. The van der Waals surface area contributed by atoms with E-state index in [1.807, 2.05) is 23.1 Å². The lowest BCUT2D eigenvalue weighted by Gasteiger charge is -2.31. The first-order valence-electron chi connectivity index (χ1n) is 7.71. The average molecular weight is 287 g/mol. The minimum Gasteiger partial charge on any atom is -0.481 e. The van der Waals surface area contributed by atoms with Gasteiger partial charge in [-0.3, -0.25) is 9.59 Å². The molecule has 112 valence electrons. The molecule has 21 heavy (non-hydrogen) atoms. The average Bonchev–Trinajstić information content (AvgIpc) is 2.82. The Morgan fingerprint density at radius 2 is 1.71 bits per heavy atom. The molecular weight excluding hydrogens is 266 g/mol. The number of amides is 1. The van der Waals surface area contributed by atoms with Crippen molar-refractivity contribution in [2.45, 2.75) is 45.1 Å². The van der Waals surface area contributed by atoms with Gasteiger partial charge in [0.05, 0.1) is 5.92 Å². The number of para-hydroxylation sites is 1. The van der Waals surface area contributed by atoms with Crippen molar-refractivity contribution in [3.8, 4) is 0 Å². The van der Waals surface area contributed by atoms with Crippen molar-refractivity contribution in [1.29, 1.82) is 0 Å². The van der Waals surface area contributed by atoms with E-state index in [2.05, 4.69) is 13.0 Å². The molecule has 4 nitrogen and oxygen atoms in total. The molecule has 0 bridgehead atoms. The summed E-state index contributed by atoms with van der Waals surface area (Å²) in [6.07, 6.45) is 3.54. The maximum Gasteiger partial charge on any atom is 0.306 e. The third-order valence-corrected chi connectivity index (χ3v) is 4.87. The number of hydrogen-bond donors (Lipinski definition) is 1. The smallest absolute Gasteiger partial charge is 0.306 e. The monoisotopic (exact) mass is 287 g/mol. The first-order chi connectivity index (χ1) is 10.1. The summed E-state index contributed by atoms with van der Waals surface area (Å²) in [6.45, 7) is 2.08. The molecule has 1 saturated carbocycles. The number of carbonyl (C=O) groups excluding carboxylic acids is 1. The number of rotatable bonds is 2. The van der Waals surface area contributed by atoms with E-state index in [0.717, 1.165) is 12.1 Å². The molecule has 0 aromatic heterocycles. The molecule has 3 rings (SSSR count). The van der Waals surface area contributed by atoms with Gasteiger partial charge < -0.3 is 10.0 Å². The molecule has 1 aliphatic heterocycles. The zero-order chi connectivity index (χ0) is 15.0. The van der Waals surface area contributed by atoms with Gasteiger partial charge in [-0.2, -0.15) is 0 Å². The number of carboxylic acids is 1. The predicted octanol–water partition coefficient (Wildman–Crippen LogP) is 2.86. The summed E-state index contributed by atoms with van der Waals surface area (Å²) < 4.78 is 0. The third-order valence-electron chi connectivity index (χ3n) is 4.87. The summed E-state index contributed by atoms with van der Waals surface area (Å²) in [5, 5.41) is 9.05. The molecule has 2 aliphatic rings. The number of anilines is 1. The van der Waals surface area contributed by atoms with Crippen molar-refractivity contribution in [2.75, 3.05) is 4.90 Å². The van der Waals surface area contributed by atoms with E-state index < -0.39 is 5.97 Å². The van der Waals surface area contributed by atoms with Gasteiger partial charge in [0.2, 0.25) is 5.91 Å². The van der Waals surface area contributed by atoms with E-state index in [0.29, 0.717) is 25.7 Å². The molecule has 0 saturated heterocycles. The SMILES string of the molecule is CC1Cc2ccccc2N1C(=O)C1CCC(C(=O)O)CC1. The fourth-order valence-electron chi connectivity index (χ4n) is 3.69. The van der Waals surface area contributed by atoms with Gasteiger partial charge in [-0.1, -0.05) is 18.2 Å². The highest BCUT2D eigenvalue weighted by Gasteiger charge is 2.37. The van der Waals surface area contributed by atoms with E-state index in [9.17, 15) is 9.59 Å². The molecule has 1 heterocycles. The molecular formula is C17H21NO3. The minimum atomic E-state index is -0.721. The molecule has 1 fully saturated rings. The molecule has 1 amide bonds. The van der Waals surface area contributed by atoms with Crippen molar-refractivity contribution in [3.05, 3.63) is 29.8 Å². The van der Waals surface area contributed by atoms with Gasteiger partial charge in [0, 0.05) is 17.6 Å². The maximum absolute atomic E-state index is 12.8. The number of nitrogens with zero attached hydrogens (tertiary/aromatic N) is 1. The van der Waals surface area contributed by atoms with Crippen LogP contribution in [0.5, 0.6) is 0 Å². The lowest BCUT2D eigenvalue weighted by molar-refractivity contribution is -0.144. The van der Waals surface area contributed by atoms with Gasteiger partial charge in [-0.15, -0.1) is 0 Å². The predicted molar refractivity (Wildman–Crippen MR) is 80.2 cm³/mol. The standard InChI is InChI=1S/C17H21NO3/c1-11-10-14-4-2-3-5-15(14)18(11)16(19)12-6-8-13(9-7-12)17(20)21/h2-5,11-13H,6-10H2,1H3,(H,20,21). The highest BCUT2D eigenvalue weighted by atomic mass is 16.4. The summed E-state index contributed by atoms with van der Waals surface area (Å²) in [5.41, 5.74) is 2.27. The van der Waals surface area contributed by atoms with Crippen LogP contribution in [-0.4, -0.2) is 23.0 Å².